The van der Waals surface area contributed by atoms with E-state index < -0.39 is 0 Å². The van der Waals surface area contributed by atoms with Crippen LogP contribution in [0, 0.1) is 5.92 Å². The van der Waals surface area contributed by atoms with Crippen LogP contribution in [-0.2, 0) is 0 Å². The van der Waals surface area contributed by atoms with Gasteiger partial charge in [-0.15, -0.1) is 0 Å². The van der Waals surface area contributed by atoms with Crippen molar-refractivity contribution in [2.24, 2.45) is 5.92 Å². The highest BCUT2D eigenvalue weighted by Crippen LogP contribution is 2.24. The lowest BCUT2D eigenvalue weighted by Crippen LogP contribution is -2.38. The first-order valence-electron chi connectivity index (χ1n) is 7.17. The first-order chi connectivity index (χ1) is 9.19. The summed E-state index contributed by atoms with van der Waals surface area (Å²) in [6.45, 7) is 7.80. The molecule has 0 spiro atoms. The van der Waals surface area contributed by atoms with Crippen LogP contribution >= 0.6 is 0 Å². The fourth-order valence-corrected chi connectivity index (χ4v) is 2.50. The number of anilines is 1. The summed E-state index contributed by atoms with van der Waals surface area (Å²) in [5.41, 5.74) is 1.22. The predicted octanol–water partition coefficient (Wildman–Crippen LogP) is 2.30. The molecule has 0 aliphatic carbocycles. The first kappa shape index (κ1) is 14.1. The molecule has 1 saturated heterocycles. The van der Waals surface area contributed by atoms with Gasteiger partial charge in [-0.05, 0) is 31.4 Å². The zero-order valence-corrected chi connectivity index (χ0v) is 12.2. The van der Waals surface area contributed by atoms with Gasteiger partial charge < -0.3 is 15.0 Å². The Kier molecular flexibility index (Phi) is 5.02. The van der Waals surface area contributed by atoms with Crippen molar-refractivity contribution in [3.63, 3.8) is 0 Å². The second kappa shape index (κ2) is 6.75. The zero-order chi connectivity index (χ0) is 13.7. The van der Waals surface area contributed by atoms with Gasteiger partial charge in [0.1, 0.15) is 0 Å². The average Bonchev–Trinajstić information content (AvgIpc) is 2.45. The molecule has 0 radical (unpaired) electrons. The molecule has 2 heterocycles. The van der Waals surface area contributed by atoms with Gasteiger partial charge in [-0.1, -0.05) is 13.8 Å². The van der Waals surface area contributed by atoms with Crippen LogP contribution in [0.4, 0.5) is 5.69 Å². The molecule has 1 aromatic rings. The number of nitrogens with zero attached hydrogens (tertiary/aromatic N) is 2. The molecule has 1 N–H and O–H groups in total. The predicted molar refractivity (Wildman–Crippen MR) is 78.9 cm³/mol. The maximum atomic E-state index is 5.18. The third kappa shape index (κ3) is 4.10. The number of hydrogen-bond acceptors (Lipinski definition) is 4. The molecule has 106 valence electrons. The standard InChI is InChI=1S/C15H25N3O/c1-12(2)17-11-13-5-8-18(9-6-13)14-4-7-16-15(10-14)19-3/h4,7,10,12-13,17H,5-6,8-9,11H2,1-3H3. The molecule has 0 aromatic carbocycles. The summed E-state index contributed by atoms with van der Waals surface area (Å²) in [5, 5.41) is 3.54. The van der Waals surface area contributed by atoms with Crippen LogP contribution < -0.4 is 15.0 Å². The van der Waals surface area contributed by atoms with E-state index >= 15 is 0 Å². The van der Waals surface area contributed by atoms with Crippen LogP contribution in [0.5, 0.6) is 5.88 Å². The van der Waals surface area contributed by atoms with Crippen molar-refractivity contribution >= 4 is 5.69 Å². The largest absolute Gasteiger partial charge is 0.481 e. The maximum Gasteiger partial charge on any atom is 0.214 e. The third-order valence-corrected chi connectivity index (χ3v) is 3.72. The SMILES string of the molecule is COc1cc(N2CCC(CNC(C)C)CC2)ccn1. The normalized spacial score (nSPS) is 16.9. The van der Waals surface area contributed by atoms with Crippen molar-refractivity contribution in [3.8, 4) is 5.88 Å². The van der Waals surface area contributed by atoms with E-state index in [-0.39, 0.29) is 0 Å². The van der Waals surface area contributed by atoms with E-state index in [2.05, 4.69) is 35.1 Å². The summed E-state index contributed by atoms with van der Waals surface area (Å²) in [7, 11) is 1.66. The minimum absolute atomic E-state index is 0.586. The summed E-state index contributed by atoms with van der Waals surface area (Å²) in [5.74, 6) is 1.50. The second-order valence-corrected chi connectivity index (χ2v) is 5.55. The lowest BCUT2D eigenvalue weighted by molar-refractivity contribution is 0.369. The van der Waals surface area contributed by atoms with Gasteiger partial charge >= 0.3 is 0 Å². The third-order valence-electron chi connectivity index (χ3n) is 3.72. The number of nitrogens with one attached hydrogen (secondary N) is 1. The Bertz CT molecular complexity index is 387. The van der Waals surface area contributed by atoms with Crippen molar-refractivity contribution < 1.29 is 4.74 Å². The number of ether oxygens (including phenoxy) is 1. The van der Waals surface area contributed by atoms with Gasteiger partial charge in [0.2, 0.25) is 5.88 Å². The van der Waals surface area contributed by atoms with Crippen molar-refractivity contribution in [3.05, 3.63) is 18.3 Å². The number of rotatable bonds is 5. The van der Waals surface area contributed by atoms with Gasteiger partial charge in [-0.25, -0.2) is 4.98 Å². The second-order valence-electron chi connectivity index (χ2n) is 5.55. The molecule has 19 heavy (non-hydrogen) atoms. The van der Waals surface area contributed by atoms with Gasteiger partial charge in [0, 0.05) is 37.1 Å². The summed E-state index contributed by atoms with van der Waals surface area (Å²) in [6, 6.07) is 4.67. The van der Waals surface area contributed by atoms with E-state index in [0.29, 0.717) is 11.9 Å². The van der Waals surface area contributed by atoms with Crippen LogP contribution in [0.3, 0.4) is 0 Å². The summed E-state index contributed by atoms with van der Waals surface area (Å²) >= 11 is 0. The smallest absolute Gasteiger partial charge is 0.214 e. The van der Waals surface area contributed by atoms with Crippen LogP contribution in [0.1, 0.15) is 26.7 Å². The van der Waals surface area contributed by atoms with Crippen LogP contribution in [0.15, 0.2) is 18.3 Å². The molecule has 1 fully saturated rings. The molecular weight excluding hydrogens is 238 g/mol. The number of aromatic nitrogens is 1. The Hall–Kier alpha value is -1.29. The number of methoxy groups -OCH3 is 1. The Balaban J connectivity index is 1.85. The monoisotopic (exact) mass is 263 g/mol. The van der Waals surface area contributed by atoms with Crippen molar-refractivity contribution in [1.29, 1.82) is 0 Å². The summed E-state index contributed by atoms with van der Waals surface area (Å²) in [4.78, 5) is 6.58. The van der Waals surface area contributed by atoms with Crippen LogP contribution in [0.2, 0.25) is 0 Å². The van der Waals surface area contributed by atoms with E-state index in [4.69, 9.17) is 4.74 Å². The quantitative estimate of drug-likeness (QED) is 0.884. The molecule has 1 aliphatic rings. The Morgan fingerprint density at radius 1 is 1.42 bits per heavy atom. The van der Waals surface area contributed by atoms with E-state index in [9.17, 15) is 0 Å². The van der Waals surface area contributed by atoms with E-state index in [1.54, 1.807) is 7.11 Å². The fourth-order valence-electron chi connectivity index (χ4n) is 2.50. The van der Waals surface area contributed by atoms with Gasteiger partial charge in [0.15, 0.2) is 0 Å². The highest BCUT2D eigenvalue weighted by atomic mass is 16.5. The Morgan fingerprint density at radius 2 is 2.16 bits per heavy atom. The number of hydrogen-bond donors (Lipinski definition) is 1. The maximum absolute atomic E-state index is 5.18. The fraction of sp³-hybridized carbons (Fsp3) is 0.667. The minimum Gasteiger partial charge on any atom is -0.481 e. The lowest BCUT2D eigenvalue weighted by atomic mass is 9.96. The molecule has 0 amide bonds. The molecule has 4 heteroatoms. The van der Waals surface area contributed by atoms with Gasteiger partial charge in [-0.2, -0.15) is 0 Å². The number of piperidine rings is 1. The molecule has 2 rings (SSSR count). The van der Waals surface area contributed by atoms with Gasteiger partial charge in [-0.3, -0.25) is 0 Å². The highest BCUT2D eigenvalue weighted by Gasteiger charge is 2.19. The molecule has 0 atom stereocenters. The van der Waals surface area contributed by atoms with Crippen LogP contribution in [-0.4, -0.2) is 37.8 Å². The van der Waals surface area contributed by atoms with Crippen molar-refractivity contribution in [2.75, 3.05) is 31.6 Å². The first-order valence-corrected chi connectivity index (χ1v) is 7.17. The van der Waals surface area contributed by atoms with Crippen LogP contribution in [0.25, 0.3) is 0 Å². The molecule has 0 bridgehead atoms. The Morgan fingerprint density at radius 3 is 2.79 bits per heavy atom. The van der Waals surface area contributed by atoms with Crippen molar-refractivity contribution in [1.82, 2.24) is 10.3 Å². The average molecular weight is 263 g/mol. The summed E-state index contributed by atoms with van der Waals surface area (Å²) < 4.78 is 5.18. The van der Waals surface area contributed by atoms with Gasteiger partial charge in [0.05, 0.1) is 7.11 Å². The topological polar surface area (TPSA) is 37.4 Å². The molecule has 0 saturated carbocycles. The van der Waals surface area contributed by atoms with E-state index in [0.717, 1.165) is 25.6 Å². The molecule has 4 nitrogen and oxygen atoms in total. The zero-order valence-electron chi connectivity index (χ0n) is 12.2. The Labute approximate surface area is 116 Å². The summed E-state index contributed by atoms with van der Waals surface area (Å²) in [6.07, 6.45) is 4.33. The lowest BCUT2D eigenvalue weighted by Gasteiger charge is -2.34. The van der Waals surface area contributed by atoms with Crippen molar-refractivity contribution in [2.45, 2.75) is 32.7 Å². The van der Waals surface area contributed by atoms with Gasteiger partial charge in [0.25, 0.3) is 0 Å². The van der Waals surface area contributed by atoms with E-state index in [1.807, 2.05) is 12.3 Å². The molecule has 1 aromatic heterocycles. The molecular formula is C15H25N3O. The van der Waals surface area contributed by atoms with E-state index in [1.165, 1.54) is 18.5 Å². The minimum atomic E-state index is 0.586. The molecule has 1 aliphatic heterocycles. The highest BCUT2D eigenvalue weighted by molar-refractivity contribution is 5.48. The molecule has 0 unspecified atom stereocenters. The number of pyridine rings is 1.